The molecule has 1 saturated heterocycles. The smallest absolute Gasteiger partial charge is 0.245 e. The molecule has 4 rings (SSSR count). The van der Waals surface area contributed by atoms with Gasteiger partial charge >= 0.3 is 0 Å². The van der Waals surface area contributed by atoms with Gasteiger partial charge in [0.05, 0.1) is 26.3 Å². The highest BCUT2D eigenvalue weighted by Gasteiger charge is 2.41. The molecule has 0 spiro atoms. The minimum Gasteiger partial charge on any atom is -0.508 e. The maximum atomic E-state index is 14.9. The fraction of sp³-hybridized carbons (Fsp3) is 0.462. The van der Waals surface area contributed by atoms with Gasteiger partial charge in [0.1, 0.15) is 53.8 Å². The Morgan fingerprint density at radius 2 is 1.35 bits per heavy atom. The number of carbonyl (C=O) groups excluding carboxylic acids is 9. The van der Waals surface area contributed by atoms with E-state index < -0.39 is 119 Å². The van der Waals surface area contributed by atoms with Gasteiger partial charge in [-0.3, -0.25) is 48.1 Å². The molecule has 30 heteroatoms. The number of nitrogens with zero attached hydrogens (tertiary/aromatic N) is 1. The van der Waals surface area contributed by atoms with E-state index in [4.69, 9.17) is 28.7 Å². The minimum atomic E-state index is -1.68. The zero-order chi connectivity index (χ0) is 60.7. The lowest BCUT2D eigenvalue weighted by Crippen LogP contribution is -2.62. The topological polar surface area (TPSA) is 453 Å². The fourth-order valence-corrected chi connectivity index (χ4v) is 12.8. The molecule has 0 bridgehead atoms. The number of benzene rings is 3. The monoisotopic (exact) mass is 1400 g/mol. The maximum Gasteiger partial charge on any atom is 0.245 e. The second kappa shape index (κ2) is 33.8. The van der Waals surface area contributed by atoms with Crippen LogP contribution < -0.4 is 71.2 Å². The summed E-state index contributed by atoms with van der Waals surface area (Å²) in [5.74, 6) is -8.56. The first-order chi connectivity index (χ1) is 38.8. The first kappa shape index (κ1) is 68.3. The highest BCUT2D eigenvalue weighted by molar-refractivity contribution is 14.1. The summed E-state index contributed by atoms with van der Waals surface area (Å²) < 4.78 is -0.536. The molecule has 1 fully saturated rings. The van der Waals surface area contributed by atoms with Crippen molar-refractivity contribution >= 4 is 126 Å². The van der Waals surface area contributed by atoms with E-state index in [1.165, 1.54) is 12.1 Å². The molecule has 9 amide bonds. The number of rotatable bonds is 22. The number of phenols is 2. The molecule has 3 aromatic rings. The molecule has 1 heterocycles. The molecule has 0 aromatic heterocycles. The molecule has 0 aliphatic carbocycles. The molecule has 21 N–H and O–H groups in total. The van der Waals surface area contributed by atoms with E-state index in [-0.39, 0.29) is 74.8 Å². The van der Waals surface area contributed by atoms with Crippen molar-refractivity contribution in [1.29, 1.82) is 0 Å². The zero-order valence-corrected chi connectivity index (χ0v) is 51.0. The second-order valence-electron chi connectivity index (χ2n) is 19.7. The van der Waals surface area contributed by atoms with Gasteiger partial charge in [0, 0.05) is 29.9 Å². The highest BCUT2D eigenvalue weighted by Crippen LogP contribution is 2.39. The van der Waals surface area contributed by atoms with Crippen molar-refractivity contribution in [3.05, 3.63) is 90.6 Å². The van der Waals surface area contributed by atoms with Gasteiger partial charge in [-0.1, -0.05) is 64.1 Å². The summed E-state index contributed by atoms with van der Waals surface area (Å²) >= 11 is 3.81. The number of amides is 9. The molecule has 82 heavy (non-hydrogen) atoms. The van der Waals surface area contributed by atoms with Crippen molar-refractivity contribution in [2.45, 2.75) is 118 Å². The van der Waals surface area contributed by atoms with Crippen LogP contribution in [0.1, 0.15) is 62.6 Å². The number of carbonyl (C=O) groups is 9. The second-order valence-corrected chi connectivity index (χ2v) is 25.0. The van der Waals surface area contributed by atoms with Gasteiger partial charge in [-0.25, -0.2) is 0 Å². The van der Waals surface area contributed by atoms with Crippen LogP contribution in [-0.2, 0) is 62.4 Å². The van der Waals surface area contributed by atoms with Crippen LogP contribution in [0.3, 0.4) is 0 Å². The number of guanidine groups is 1. The third-order valence-corrected chi connectivity index (χ3v) is 17.6. The van der Waals surface area contributed by atoms with E-state index in [1.54, 1.807) is 68.4 Å². The molecule has 0 unspecified atom stereocenters. The van der Waals surface area contributed by atoms with E-state index in [0.717, 1.165) is 21.6 Å². The Morgan fingerprint density at radius 3 is 1.98 bits per heavy atom. The Bertz CT molecular complexity index is 2720. The van der Waals surface area contributed by atoms with Gasteiger partial charge in [-0.2, -0.15) is 0 Å². The van der Waals surface area contributed by atoms with Gasteiger partial charge < -0.3 is 86.5 Å². The number of primary amides is 1. The van der Waals surface area contributed by atoms with E-state index in [0.29, 0.717) is 36.7 Å². The zero-order valence-electron chi connectivity index (χ0n) is 45.1. The van der Waals surface area contributed by atoms with Crippen molar-refractivity contribution in [3.63, 3.8) is 0 Å². The quantitative estimate of drug-likeness (QED) is 0.0170. The third-order valence-electron chi connectivity index (χ3n) is 12.6. The summed E-state index contributed by atoms with van der Waals surface area (Å²) in [4.78, 5) is 130. The minimum absolute atomic E-state index is 0.0143. The first-order valence-electron chi connectivity index (χ1n) is 25.9. The van der Waals surface area contributed by atoms with Crippen LogP contribution in [0, 0.1) is 7.14 Å². The number of aliphatic hydroxyl groups excluding tert-OH is 1. The van der Waals surface area contributed by atoms with Crippen LogP contribution in [0.25, 0.3) is 0 Å². The maximum absolute atomic E-state index is 14.9. The number of hydrogen-bond acceptors (Lipinski definition) is 17. The molecular formula is C52H72I2N14O12S2. The predicted octanol–water partition coefficient (Wildman–Crippen LogP) is -1.99. The van der Waals surface area contributed by atoms with Gasteiger partial charge in [-0.15, -0.1) is 0 Å². The number of unbranched alkanes of at least 4 members (excludes halogenated alkanes) is 1. The number of aliphatic hydroxyl groups is 1. The predicted molar refractivity (Wildman–Crippen MR) is 327 cm³/mol. The van der Waals surface area contributed by atoms with E-state index >= 15 is 0 Å². The summed E-state index contributed by atoms with van der Waals surface area (Å²) in [6, 6.07) is 6.14. The van der Waals surface area contributed by atoms with Crippen molar-refractivity contribution < 1.29 is 58.5 Å². The lowest BCUT2D eigenvalue weighted by molar-refractivity contribution is -0.135. The van der Waals surface area contributed by atoms with Crippen molar-refractivity contribution in [1.82, 2.24) is 42.5 Å². The average molecular weight is 1400 g/mol. The molecule has 1 aliphatic rings. The molecular weight excluding hydrogens is 1330 g/mol. The lowest BCUT2D eigenvalue weighted by atomic mass is 9.99. The number of aromatic hydroxyl groups is 2. The Hall–Kier alpha value is -6.20. The number of halogens is 2. The van der Waals surface area contributed by atoms with Gasteiger partial charge in [0.2, 0.25) is 53.2 Å². The Labute approximate surface area is 509 Å². The number of nitrogens with one attached hydrogen (secondary N) is 8. The fourth-order valence-electron chi connectivity index (χ4n) is 8.13. The van der Waals surface area contributed by atoms with Crippen LogP contribution in [0.5, 0.6) is 11.5 Å². The molecule has 0 radical (unpaired) electrons. The summed E-state index contributed by atoms with van der Waals surface area (Å²) in [6.07, 6.45) is 0.656. The van der Waals surface area contributed by atoms with Gasteiger partial charge in [0.15, 0.2) is 5.96 Å². The Kier molecular flexibility index (Phi) is 28.1. The molecule has 1 aliphatic heterocycles. The van der Waals surface area contributed by atoms with Gasteiger partial charge in [-0.05, 0) is 145 Å². The van der Waals surface area contributed by atoms with Crippen LogP contribution >= 0.6 is 66.8 Å². The molecule has 3 aromatic carbocycles. The van der Waals surface area contributed by atoms with E-state index in [1.807, 2.05) is 45.2 Å². The number of nitrogens with two attached hydrogens (primary N) is 5. The van der Waals surface area contributed by atoms with Crippen molar-refractivity contribution in [3.8, 4) is 11.5 Å². The molecule has 26 nitrogen and oxygen atoms in total. The average Bonchev–Trinajstić information content (AvgIpc) is 3.56. The van der Waals surface area contributed by atoms with Gasteiger partial charge in [0.25, 0.3) is 0 Å². The first-order valence-corrected chi connectivity index (χ1v) is 30.4. The van der Waals surface area contributed by atoms with E-state index in [2.05, 4.69) is 47.5 Å². The number of hydrogen-bond donors (Lipinski definition) is 16. The van der Waals surface area contributed by atoms with Crippen molar-refractivity contribution in [2.24, 2.45) is 33.7 Å². The van der Waals surface area contributed by atoms with E-state index in [9.17, 15) is 58.5 Å². The SMILES string of the molecule is CC1(C)SSC[C@H](C(=O)N[C@@H](CCCCN)C(=O)N[C@@H](CCCN=C(N)N)C(N)=O)NC(=O)[C@@H](Cc2ccccc2)NC(=O)[C@H](CO)NC(=O)CNC(=O)[C@H](Cc2cc(I)c(O)c(I)c2)NC(=O)[C@@H]1NC(=O)[C@@H](N)Cc1ccc(O)cc1. The summed E-state index contributed by atoms with van der Waals surface area (Å²) in [6.45, 7) is 1.81. The van der Waals surface area contributed by atoms with Crippen LogP contribution in [0.2, 0.25) is 0 Å². The number of aliphatic imine (C=N–C) groups is 1. The molecule has 8 atom stereocenters. The van der Waals surface area contributed by atoms with Crippen LogP contribution in [-0.4, -0.2) is 160 Å². The van der Waals surface area contributed by atoms with Crippen LogP contribution in [0.15, 0.2) is 71.7 Å². The number of phenolic OH excluding ortho intramolecular Hbond substituents is 2. The van der Waals surface area contributed by atoms with Crippen LogP contribution in [0.4, 0.5) is 0 Å². The summed E-state index contributed by atoms with van der Waals surface area (Å²) in [7, 11) is 1.97. The summed E-state index contributed by atoms with van der Waals surface area (Å²) in [5.41, 5.74) is 30.3. The molecule has 448 valence electrons. The largest absolute Gasteiger partial charge is 0.508 e. The van der Waals surface area contributed by atoms with Crippen molar-refractivity contribution in [2.75, 3.05) is 32.0 Å². The lowest BCUT2D eigenvalue weighted by Gasteiger charge is -2.35. The third kappa shape index (κ3) is 22.5. The Morgan fingerprint density at radius 1 is 0.744 bits per heavy atom. The normalized spacial score (nSPS) is 20.4. The summed E-state index contributed by atoms with van der Waals surface area (Å²) in [5, 5.41) is 51.6. The Balaban J connectivity index is 1.82. The standard InChI is InChI=1S/C52H72I2N14O12S2/c1-52(2)42(68-44(74)33(56)21-28-13-15-30(70)16-14-28)50(80)66-36(23-29-19-31(53)41(72)32(54)20-29)45(75)61-24-40(71)62-38(25-69)48(78)65-37(22-27-9-4-3-5-10-27)47(77)67-39(26-81-82-52)49(79)64-35(11-6-7-17-55)46(76)63-34(43(57)73)12-8-18-60-51(58)59/h3-5,9-10,13-16,19-20,33-39,42,69-70,72H,6-8,11-12,17-18,21-26,55-56H2,1-2H3,(H2,57,73)(H,61,75)(H,62,71)(H,63,76)(H,64,79)(H,65,78)(H,66,80)(H,67,77)(H,68,74)(H4,58,59,60)/t33-,34-,35-,36-,37+,38-,39+,42-/m0/s1. The molecule has 0 saturated carbocycles. The highest BCUT2D eigenvalue weighted by atomic mass is 127.